The number of carbonyl (C=O) groups excluding carboxylic acids is 1. The number of hydrogen-bond donors (Lipinski definition) is 2. The molecule has 0 unspecified atom stereocenters. The fraction of sp³-hybridized carbons (Fsp3) is 0.214. The van der Waals surface area contributed by atoms with Crippen molar-refractivity contribution in [1.29, 1.82) is 0 Å². The number of carbonyl (C=O) groups is 2. The summed E-state index contributed by atoms with van der Waals surface area (Å²) in [6.45, 7) is 2.01. The molecule has 0 aliphatic heterocycles. The number of thiazole rings is 1. The van der Waals surface area contributed by atoms with Crippen LogP contribution in [-0.2, 0) is 11.3 Å². The third-order valence-electron chi connectivity index (χ3n) is 2.71. The molecular formula is C14H14N2O4S. The lowest BCUT2D eigenvalue weighted by atomic mass is 10.1. The van der Waals surface area contributed by atoms with Crippen LogP contribution in [-0.4, -0.2) is 29.1 Å². The molecule has 0 radical (unpaired) electrons. The van der Waals surface area contributed by atoms with Crippen LogP contribution < -0.4 is 5.32 Å². The fourth-order valence-corrected chi connectivity index (χ4v) is 2.48. The standard InChI is InChI=1S/C14H14N2O4S/c1-8-3-5-9(6-4-8)12(17)16-14-15-10(7-20-2)11(21-14)13(18)19/h3-6H,7H2,1-2H3,(H,18,19)(H,15,16,17). The zero-order valence-corrected chi connectivity index (χ0v) is 12.4. The van der Waals surface area contributed by atoms with Crippen molar-refractivity contribution in [3.63, 3.8) is 0 Å². The zero-order valence-electron chi connectivity index (χ0n) is 11.5. The van der Waals surface area contributed by atoms with Gasteiger partial charge in [-0.05, 0) is 19.1 Å². The molecule has 1 aromatic heterocycles. The van der Waals surface area contributed by atoms with E-state index >= 15 is 0 Å². The van der Waals surface area contributed by atoms with Gasteiger partial charge in [0.1, 0.15) is 4.88 Å². The van der Waals surface area contributed by atoms with Crippen LogP contribution in [0.2, 0.25) is 0 Å². The molecule has 7 heteroatoms. The molecule has 2 rings (SSSR count). The molecule has 0 aliphatic rings. The zero-order chi connectivity index (χ0) is 15.4. The molecule has 1 heterocycles. The summed E-state index contributed by atoms with van der Waals surface area (Å²) in [6.07, 6.45) is 0. The van der Waals surface area contributed by atoms with E-state index in [2.05, 4.69) is 10.3 Å². The van der Waals surface area contributed by atoms with Crippen molar-refractivity contribution < 1.29 is 19.4 Å². The number of aryl methyl sites for hydroxylation is 1. The molecule has 2 N–H and O–H groups in total. The lowest BCUT2D eigenvalue weighted by molar-refractivity contribution is 0.0696. The molecule has 0 aliphatic carbocycles. The van der Waals surface area contributed by atoms with Crippen molar-refractivity contribution in [1.82, 2.24) is 4.98 Å². The van der Waals surface area contributed by atoms with Gasteiger partial charge in [-0.15, -0.1) is 0 Å². The molecule has 0 saturated carbocycles. The molecule has 1 amide bonds. The number of aromatic carboxylic acids is 1. The summed E-state index contributed by atoms with van der Waals surface area (Å²) < 4.78 is 4.90. The Labute approximate surface area is 125 Å². The Bertz CT molecular complexity index is 664. The van der Waals surface area contributed by atoms with E-state index in [1.54, 1.807) is 12.1 Å². The van der Waals surface area contributed by atoms with E-state index in [0.29, 0.717) is 11.3 Å². The first-order chi connectivity index (χ1) is 10.0. The van der Waals surface area contributed by atoms with E-state index in [1.165, 1.54) is 7.11 Å². The SMILES string of the molecule is COCc1nc(NC(=O)c2ccc(C)cc2)sc1C(=O)O. The van der Waals surface area contributed by atoms with E-state index in [0.717, 1.165) is 16.9 Å². The topological polar surface area (TPSA) is 88.5 Å². The third-order valence-corrected chi connectivity index (χ3v) is 3.71. The first-order valence-electron chi connectivity index (χ1n) is 6.11. The van der Waals surface area contributed by atoms with Crippen molar-refractivity contribution in [3.05, 3.63) is 46.0 Å². The van der Waals surface area contributed by atoms with Gasteiger partial charge in [-0.1, -0.05) is 29.0 Å². The maximum atomic E-state index is 12.1. The number of nitrogens with zero attached hydrogens (tertiary/aromatic N) is 1. The normalized spacial score (nSPS) is 10.4. The number of hydrogen-bond acceptors (Lipinski definition) is 5. The summed E-state index contributed by atoms with van der Waals surface area (Å²) in [5.41, 5.74) is 1.84. The number of anilines is 1. The van der Waals surface area contributed by atoms with Crippen LogP contribution in [0.25, 0.3) is 0 Å². The van der Waals surface area contributed by atoms with Gasteiger partial charge < -0.3 is 9.84 Å². The summed E-state index contributed by atoms with van der Waals surface area (Å²) in [6, 6.07) is 7.06. The van der Waals surface area contributed by atoms with Gasteiger partial charge in [0.2, 0.25) is 0 Å². The Hall–Kier alpha value is -2.25. The third kappa shape index (κ3) is 3.65. The minimum atomic E-state index is -1.09. The number of carboxylic acid groups (broad SMARTS) is 1. The van der Waals surface area contributed by atoms with Crippen LogP contribution in [0.3, 0.4) is 0 Å². The second-order valence-corrected chi connectivity index (χ2v) is 5.35. The molecule has 0 bridgehead atoms. The highest BCUT2D eigenvalue weighted by molar-refractivity contribution is 7.17. The van der Waals surface area contributed by atoms with Crippen LogP contribution in [0.5, 0.6) is 0 Å². The van der Waals surface area contributed by atoms with Gasteiger partial charge in [-0.25, -0.2) is 9.78 Å². The quantitative estimate of drug-likeness (QED) is 0.886. The summed E-state index contributed by atoms with van der Waals surface area (Å²) in [5.74, 6) is -1.42. The number of aromatic nitrogens is 1. The van der Waals surface area contributed by atoms with E-state index in [-0.39, 0.29) is 22.5 Å². The summed E-state index contributed by atoms with van der Waals surface area (Å²) in [7, 11) is 1.45. The van der Waals surface area contributed by atoms with Crippen LogP contribution in [0.15, 0.2) is 24.3 Å². The van der Waals surface area contributed by atoms with Crippen LogP contribution >= 0.6 is 11.3 Å². The molecule has 1 aromatic carbocycles. The molecule has 2 aromatic rings. The number of amides is 1. The summed E-state index contributed by atoms with van der Waals surface area (Å²) in [5, 5.41) is 11.9. The Balaban J connectivity index is 2.19. The molecule has 0 saturated heterocycles. The van der Waals surface area contributed by atoms with E-state index < -0.39 is 5.97 Å². The van der Waals surface area contributed by atoms with Gasteiger partial charge in [0.15, 0.2) is 5.13 Å². The van der Waals surface area contributed by atoms with Crippen molar-refractivity contribution in [2.75, 3.05) is 12.4 Å². The molecule has 6 nitrogen and oxygen atoms in total. The number of methoxy groups -OCH3 is 1. The van der Waals surface area contributed by atoms with Gasteiger partial charge in [-0.3, -0.25) is 10.1 Å². The first-order valence-corrected chi connectivity index (χ1v) is 6.93. The summed E-state index contributed by atoms with van der Waals surface area (Å²) in [4.78, 5) is 27.3. The minimum absolute atomic E-state index is 0.0658. The lowest BCUT2D eigenvalue weighted by Crippen LogP contribution is -2.11. The predicted molar refractivity (Wildman–Crippen MR) is 78.9 cm³/mol. The van der Waals surface area contributed by atoms with Crippen molar-refractivity contribution in [2.45, 2.75) is 13.5 Å². The number of ether oxygens (including phenoxy) is 1. The molecule has 0 atom stereocenters. The molecule has 21 heavy (non-hydrogen) atoms. The van der Waals surface area contributed by atoms with Gasteiger partial charge in [0.25, 0.3) is 5.91 Å². The number of benzene rings is 1. The molecule has 0 spiro atoms. The van der Waals surface area contributed by atoms with Crippen LogP contribution in [0.1, 0.15) is 31.3 Å². The summed E-state index contributed by atoms with van der Waals surface area (Å²) >= 11 is 0.911. The predicted octanol–water partition coefficient (Wildman–Crippen LogP) is 2.55. The second kappa shape index (κ2) is 6.47. The number of nitrogens with one attached hydrogen (secondary N) is 1. The van der Waals surface area contributed by atoms with E-state index in [1.807, 2.05) is 19.1 Å². The van der Waals surface area contributed by atoms with Gasteiger partial charge in [0.05, 0.1) is 12.3 Å². The van der Waals surface area contributed by atoms with Gasteiger partial charge in [-0.2, -0.15) is 0 Å². The maximum Gasteiger partial charge on any atom is 0.347 e. The minimum Gasteiger partial charge on any atom is -0.477 e. The monoisotopic (exact) mass is 306 g/mol. The Kier molecular flexibility index (Phi) is 4.66. The highest BCUT2D eigenvalue weighted by Gasteiger charge is 2.18. The molecule has 0 fully saturated rings. The Morgan fingerprint density at radius 3 is 2.57 bits per heavy atom. The lowest BCUT2D eigenvalue weighted by Gasteiger charge is -2.01. The van der Waals surface area contributed by atoms with Crippen LogP contribution in [0.4, 0.5) is 5.13 Å². The largest absolute Gasteiger partial charge is 0.477 e. The highest BCUT2D eigenvalue weighted by atomic mass is 32.1. The Morgan fingerprint density at radius 2 is 2.00 bits per heavy atom. The van der Waals surface area contributed by atoms with Gasteiger partial charge in [0, 0.05) is 12.7 Å². The second-order valence-electron chi connectivity index (χ2n) is 4.35. The smallest absolute Gasteiger partial charge is 0.347 e. The fourth-order valence-electron chi connectivity index (χ4n) is 1.68. The van der Waals surface area contributed by atoms with Crippen molar-refractivity contribution in [3.8, 4) is 0 Å². The Morgan fingerprint density at radius 1 is 1.33 bits per heavy atom. The maximum absolute atomic E-state index is 12.1. The van der Waals surface area contributed by atoms with Crippen molar-refractivity contribution >= 4 is 28.3 Å². The van der Waals surface area contributed by atoms with Crippen molar-refractivity contribution in [2.24, 2.45) is 0 Å². The van der Waals surface area contributed by atoms with Crippen LogP contribution in [0, 0.1) is 6.92 Å². The van der Waals surface area contributed by atoms with E-state index in [4.69, 9.17) is 9.84 Å². The average molecular weight is 306 g/mol. The number of rotatable bonds is 5. The number of carboxylic acids is 1. The molecular weight excluding hydrogens is 292 g/mol. The highest BCUT2D eigenvalue weighted by Crippen LogP contribution is 2.24. The van der Waals surface area contributed by atoms with E-state index in [9.17, 15) is 9.59 Å². The molecule has 110 valence electrons. The first kappa shape index (κ1) is 15.1. The average Bonchev–Trinajstić information content (AvgIpc) is 2.83. The van der Waals surface area contributed by atoms with Gasteiger partial charge >= 0.3 is 5.97 Å².